The van der Waals surface area contributed by atoms with E-state index < -0.39 is 11.6 Å². The van der Waals surface area contributed by atoms with E-state index >= 15 is 0 Å². The molecule has 102 valence electrons. The standard InChI is InChI=1S/C13H21NO4/c1-13(2,3)18-12(17)14-6-4-8-9(5-7-14)10(8)11(15)16/h8-10H,4-7H2,1-3H3,(H,15,16)/t8-,9+,10?. The average molecular weight is 255 g/mol. The van der Waals surface area contributed by atoms with Crippen molar-refractivity contribution in [3.63, 3.8) is 0 Å². The number of carbonyl (C=O) groups excluding carboxylic acids is 1. The SMILES string of the molecule is CC(C)(C)OC(=O)N1CC[C@@H]2C(C(=O)O)[C@@H]2CC1. The molecule has 1 aliphatic heterocycles. The molecule has 3 atom stereocenters. The first-order chi connectivity index (χ1) is 8.29. The number of nitrogens with zero attached hydrogens (tertiary/aromatic N) is 1. The fourth-order valence-electron chi connectivity index (χ4n) is 2.83. The van der Waals surface area contributed by atoms with Gasteiger partial charge in [0.1, 0.15) is 5.60 Å². The number of carboxylic acids is 1. The van der Waals surface area contributed by atoms with Crippen LogP contribution in [0.5, 0.6) is 0 Å². The normalized spacial score (nSPS) is 31.3. The zero-order chi connectivity index (χ0) is 13.5. The number of ether oxygens (including phenoxy) is 1. The molecule has 1 amide bonds. The topological polar surface area (TPSA) is 66.8 Å². The second kappa shape index (κ2) is 4.44. The van der Waals surface area contributed by atoms with Gasteiger partial charge in [-0.1, -0.05) is 0 Å². The molecular weight excluding hydrogens is 234 g/mol. The number of amides is 1. The van der Waals surface area contributed by atoms with Crippen LogP contribution in [0.1, 0.15) is 33.6 Å². The summed E-state index contributed by atoms with van der Waals surface area (Å²) in [6, 6.07) is 0. The molecule has 0 aromatic heterocycles. The molecule has 1 unspecified atom stereocenters. The smallest absolute Gasteiger partial charge is 0.410 e. The third kappa shape index (κ3) is 2.76. The molecule has 2 rings (SSSR count). The molecule has 0 aromatic carbocycles. The van der Waals surface area contributed by atoms with Gasteiger partial charge in [0.2, 0.25) is 0 Å². The van der Waals surface area contributed by atoms with Crippen molar-refractivity contribution in [3.05, 3.63) is 0 Å². The molecule has 1 saturated carbocycles. The van der Waals surface area contributed by atoms with Gasteiger partial charge in [0.15, 0.2) is 0 Å². The van der Waals surface area contributed by atoms with E-state index in [0.717, 1.165) is 12.8 Å². The molecule has 1 heterocycles. The lowest BCUT2D eigenvalue weighted by Gasteiger charge is -2.26. The van der Waals surface area contributed by atoms with E-state index in [4.69, 9.17) is 9.84 Å². The van der Waals surface area contributed by atoms with Gasteiger partial charge in [-0.3, -0.25) is 4.79 Å². The van der Waals surface area contributed by atoms with Crippen LogP contribution in [-0.4, -0.2) is 40.8 Å². The molecule has 0 spiro atoms. The number of carboxylic acid groups (broad SMARTS) is 1. The number of hydrogen-bond acceptors (Lipinski definition) is 3. The van der Waals surface area contributed by atoms with Crippen LogP contribution in [0.15, 0.2) is 0 Å². The molecule has 0 aromatic rings. The first kappa shape index (κ1) is 13.2. The predicted molar refractivity (Wildman–Crippen MR) is 65.1 cm³/mol. The second-order valence-electron chi connectivity index (χ2n) is 6.24. The fourth-order valence-corrected chi connectivity index (χ4v) is 2.83. The van der Waals surface area contributed by atoms with Crippen LogP contribution < -0.4 is 0 Å². The van der Waals surface area contributed by atoms with Crippen molar-refractivity contribution in [1.82, 2.24) is 4.90 Å². The summed E-state index contributed by atoms with van der Waals surface area (Å²) in [5.41, 5.74) is -0.476. The largest absolute Gasteiger partial charge is 0.481 e. The maximum atomic E-state index is 11.9. The molecule has 2 aliphatic rings. The maximum Gasteiger partial charge on any atom is 0.410 e. The van der Waals surface area contributed by atoms with Crippen LogP contribution >= 0.6 is 0 Å². The number of aliphatic carboxylic acids is 1. The third-order valence-corrected chi connectivity index (χ3v) is 3.73. The molecule has 0 bridgehead atoms. The van der Waals surface area contributed by atoms with Crippen molar-refractivity contribution in [1.29, 1.82) is 0 Å². The van der Waals surface area contributed by atoms with Gasteiger partial charge >= 0.3 is 12.1 Å². The van der Waals surface area contributed by atoms with Crippen molar-refractivity contribution in [2.45, 2.75) is 39.2 Å². The highest BCUT2D eigenvalue weighted by atomic mass is 16.6. The van der Waals surface area contributed by atoms with Gasteiger partial charge in [-0.15, -0.1) is 0 Å². The molecule has 5 heteroatoms. The van der Waals surface area contributed by atoms with Crippen molar-refractivity contribution in [2.75, 3.05) is 13.1 Å². The first-order valence-electron chi connectivity index (χ1n) is 6.50. The molecule has 18 heavy (non-hydrogen) atoms. The van der Waals surface area contributed by atoms with Gasteiger partial charge < -0.3 is 14.7 Å². The Bertz CT molecular complexity index is 346. The van der Waals surface area contributed by atoms with E-state index in [1.165, 1.54) is 0 Å². The number of rotatable bonds is 1. The fraction of sp³-hybridized carbons (Fsp3) is 0.846. The summed E-state index contributed by atoms with van der Waals surface area (Å²) in [5.74, 6) is -0.341. The third-order valence-electron chi connectivity index (χ3n) is 3.73. The lowest BCUT2D eigenvalue weighted by atomic mass is 10.2. The van der Waals surface area contributed by atoms with Crippen molar-refractivity contribution in [2.24, 2.45) is 17.8 Å². The van der Waals surface area contributed by atoms with Crippen LogP contribution in [0.25, 0.3) is 0 Å². The second-order valence-corrected chi connectivity index (χ2v) is 6.24. The minimum absolute atomic E-state index is 0.175. The van der Waals surface area contributed by atoms with E-state index in [0.29, 0.717) is 13.1 Å². The van der Waals surface area contributed by atoms with Crippen LogP contribution in [0, 0.1) is 17.8 Å². The molecule has 1 N–H and O–H groups in total. The monoisotopic (exact) mass is 255 g/mol. The molecular formula is C13H21NO4. The van der Waals surface area contributed by atoms with Crippen molar-refractivity contribution >= 4 is 12.1 Å². The van der Waals surface area contributed by atoms with Gasteiger partial charge in [0.25, 0.3) is 0 Å². The van der Waals surface area contributed by atoms with Gasteiger partial charge in [-0.25, -0.2) is 4.79 Å². The lowest BCUT2D eigenvalue weighted by Crippen LogP contribution is -2.37. The van der Waals surface area contributed by atoms with Crippen molar-refractivity contribution < 1.29 is 19.4 Å². The number of hydrogen-bond donors (Lipinski definition) is 1. The van der Waals surface area contributed by atoms with E-state index in [1.54, 1.807) is 4.90 Å². The molecule has 0 radical (unpaired) electrons. The quantitative estimate of drug-likeness (QED) is 0.777. The van der Waals surface area contributed by atoms with Gasteiger partial charge in [0, 0.05) is 13.1 Å². The van der Waals surface area contributed by atoms with Crippen molar-refractivity contribution in [3.8, 4) is 0 Å². The van der Waals surface area contributed by atoms with Gasteiger partial charge in [-0.2, -0.15) is 0 Å². The summed E-state index contributed by atoms with van der Waals surface area (Å²) in [4.78, 5) is 24.5. The summed E-state index contributed by atoms with van der Waals surface area (Å²) in [6.07, 6.45) is 1.28. The zero-order valence-electron chi connectivity index (χ0n) is 11.2. The Hall–Kier alpha value is -1.26. The average Bonchev–Trinajstić information content (AvgIpc) is 2.87. The summed E-state index contributed by atoms with van der Waals surface area (Å²) >= 11 is 0. The highest BCUT2D eigenvalue weighted by molar-refractivity contribution is 5.74. The minimum Gasteiger partial charge on any atom is -0.481 e. The number of likely N-dealkylation sites (tertiary alicyclic amines) is 1. The Kier molecular flexibility index (Phi) is 3.25. The Balaban J connectivity index is 1.86. The van der Waals surface area contributed by atoms with E-state index in [2.05, 4.69) is 0 Å². The van der Waals surface area contributed by atoms with Crippen LogP contribution in [0.4, 0.5) is 4.79 Å². The summed E-state index contributed by atoms with van der Waals surface area (Å²) in [6.45, 7) is 6.77. The Morgan fingerprint density at radius 1 is 1.17 bits per heavy atom. The maximum absolute atomic E-state index is 11.9. The molecule has 5 nitrogen and oxygen atoms in total. The molecule has 1 aliphatic carbocycles. The Morgan fingerprint density at radius 3 is 2.06 bits per heavy atom. The predicted octanol–water partition coefficient (Wildman–Crippen LogP) is 1.96. The Morgan fingerprint density at radius 2 is 1.67 bits per heavy atom. The summed E-state index contributed by atoms with van der Waals surface area (Å²) in [5, 5.41) is 9.00. The highest BCUT2D eigenvalue weighted by Crippen LogP contribution is 2.52. The van der Waals surface area contributed by atoms with Crippen LogP contribution in [0.2, 0.25) is 0 Å². The van der Waals surface area contributed by atoms with E-state index in [1.807, 2.05) is 20.8 Å². The highest BCUT2D eigenvalue weighted by Gasteiger charge is 2.55. The van der Waals surface area contributed by atoms with E-state index in [-0.39, 0.29) is 23.8 Å². The number of fused-ring (bicyclic) bond motifs is 1. The van der Waals surface area contributed by atoms with Gasteiger partial charge in [-0.05, 0) is 45.4 Å². The number of carbonyl (C=O) groups is 2. The first-order valence-corrected chi connectivity index (χ1v) is 6.50. The van der Waals surface area contributed by atoms with Crippen LogP contribution in [-0.2, 0) is 9.53 Å². The van der Waals surface area contributed by atoms with Gasteiger partial charge in [0.05, 0.1) is 5.92 Å². The molecule has 2 fully saturated rings. The van der Waals surface area contributed by atoms with E-state index in [9.17, 15) is 9.59 Å². The van der Waals surface area contributed by atoms with Crippen LogP contribution in [0.3, 0.4) is 0 Å². The zero-order valence-corrected chi connectivity index (χ0v) is 11.2. The lowest BCUT2D eigenvalue weighted by molar-refractivity contribution is -0.139. The minimum atomic E-state index is -0.685. The summed E-state index contributed by atoms with van der Waals surface area (Å²) in [7, 11) is 0. The molecule has 1 saturated heterocycles. The Labute approximate surface area is 107 Å². The summed E-state index contributed by atoms with van der Waals surface area (Å²) < 4.78 is 5.33.